The molecule has 2 atom stereocenters. The first-order chi connectivity index (χ1) is 7.48. The molecule has 0 aromatic rings. The van der Waals surface area contributed by atoms with Gasteiger partial charge in [0.25, 0.3) is 8.48 Å². The summed E-state index contributed by atoms with van der Waals surface area (Å²) in [6.45, 7) is 11.1. The summed E-state index contributed by atoms with van der Waals surface area (Å²) in [5, 5.41) is 0. The largest absolute Gasteiger partial charge is 0.406 e. The second-order valence-electron chi connectivity index (χ2n) is 5.32. The Balaban J connectivity index is 2.47. The van der Waals surface area contributed by atoms with Crippen molar-refractivity contribution in [2.24, 2.45) is 10.9 Å². The number of hydrogen-bond donors (Lipinski definition) is 0. The summed E-state index contributed by atoms with van der Waals surface area (Å²) in [6.07, 6.45) is 3.35. The maximum atomic E-state index is 5.75. The predicted molar refractivity (Wildman–Crippen MR) is 72.4 cm³/mol. The van der Waals surface area contributed by atoms with Crippen LogP contribution in [0.3, 0.4) is 0 Å². The fourth-order valence-corrected chi connectivity index (χ4v) is 5.07. The molecule has 0 amide bonds. The average molecular weight is 242 g/mol. The van der Waals surface area contributed by atoms with Crippen LogP contribution < -0.4 is 0 Å². The molecule has 1 aliphatic heterocycles. The molecular weight excluding hydrogens is 216 g/mol. The second kappa shape index (κ2) is 5.94. The van der Waals surface area contributed by atoms with E-state index < -0.39 is 8.48 Å². The van der Waals surface area contributed by atoms with Crippen molar-refractivity contribution >= 4 is 14.7 Å². The van der Waals surface area contributed by atoms with Crippen LogP contribution in [0.15, 0.2) is 4.99 Å². The van der Waals surface area contributed by atoms with E-state index in [4.69, 9.17) is 4.43 Å². The lowest BCUT2D eigenvalue weighted by Gasteiger charge is -2.32. The third kappa shape index (κ3) is 3.68. The SMILES string of the molecule is CO[Si]1(C)CCCN1CC(C)N=CC(C)C. The molecule has 1 fully saturated rings. The van der Waals surface area contributed by atoms with E-state index in [1.807, 2.05) is 7.11 Å². The molecule has 1 saturated heterocycles. The van der Waals surface area contributed by atoms with Gasteiger partial charge in [0.2, 0.25) is 0 Å². The van der Waals surface area contributed by atoms with E-state index in [2.05, 4.69) is 43.1 Å². The van der Waals surface area contributed by atoms with Gasteiger partial charge in [0.05, 0.1) is 6.04 Å². The van der Waals surface area contributed by atoms with E-state index in [9.17, 15) is 0 Å². The smallest absolute Gasteiger partial charge is 0.267 e. The van der Waals surface area contributed by atoms with Gasteiger partial charge in [-0.2, -0.15) is 0 Å². The molecule has 0 aliphatic carbocycles. The first-order valence-corrected chi connectivity index (χ1v) is 8.87. The Morgan fingerprint density at radius 2 is 2.12 bits per heavy atom. The average Bonchev–Trinajstić information content (AvgIpc) is 2.58. The molecule has 2 unspecified atom stereocenters. The highest BCUT2D eigenvalue weighted by Crippen LogP contribution is 2.26. The summed E-state index contributed by atoms with van der Waals surface area (Å²) in [7, 11) is 0.318. The molecule has 1 heterocycles. The van der Waals surface area contributed by atoms with E-state index in [0.29, 0.717) is 12.0 Å². The first-order valence-electron chi connectivity index (χ1n) is 6.31. The fraction of sp³-hybridized carbons (Fsp3) is 0.917. The standard InChI is InChI=1S/C12H26N2OSi/c1-11(2)9-13-12(3)10-14-7-6-8-16(14,5)15-4/h9,11-12H,6-8,10H2,1-5H3. The Hall–Kier alpha value is -0.193. The third-order valence-corrected chi connectivity index (χ3v) is 7.21. The van der Waals surface area contributed by atoms with Crippen molar-refractivity contribution in [3.8, 4) is 0 Å². The Bertz CT molecular complexity index is 245. The van der Waals surface area contributed by atoms with Crippen LogP contribution in [0, 0.1) is 5.92 Å². The van der Waals surface area contributed by atoms with Crippen molar-refractivity contribution in [3.63, 3.8) is 0 Å². The van der Waals surface area contributed by atoms with Crippen molar-refractivity contribution < 1.29 is 4.43 Å². The van der Waals surface area contributed by atoms with Crippen molar-refractivity contribution in [2.75, 3.05) is 20.2 Å². The quantitative estimate of drug-likeness (QED) is 0.547. The van der Waals surface area contributed by atoms with Crippen molar-refractivity contribution in [3.05, 3.63) is 0 Å². The van der Waals surface area contributed by atoms with Crippen molar-refractivity contribution in [1.29, 1.82) is 0 Å². The van der Waals surface area contributed by atoms with Gasteiger partial charge in [-0.1, -0.05) is 13.8 Å². The molecule has 0 bridgehead atoms. The Morgan fingerprint density at radius 1 is 1.44 bits per heavy atom. The van der Waals surface area contributed by atoms with Gasteiger partial charge in [0, 0.05) is 19.9 Å². The minimum absolute atomic E-state index is 0.391. The van der Waals surface area contributed by atoms with Crippen LogP contribution in [-0.2, 0) is 4.43 Å². The summed E-state index contributed by atoms with van der Waals surface area (Å²) in [4.78, 5) is 4.59. The molecular formula is C12H26N2OSi. The fourth-order valence-electron chi connectivity index (χ4n) is 2.19. The van der Waals surface area contributed by atoms with Gasteiger partial charge in [-0.05, 0) is 38.4 Å². The van der Waals surface area contributed by atoms with Gasteiger partial charge in [-0.3, -0.25) is 4.99 Å². The number of hydrogen-bond acceptors (Lipinski definition) is 3. The Morgan fingerprint density at radius 3 is 2.69 bits per heavy atom. The number of aliphatic imine (C=N–C) groups is 1. The van der Waals surface area contributed by atoms with Gasteiger partial charge >= 0.3 is 0 Å². The lowest BCUT2D eigenvalue weighted by atomic mass is 10.2. The second-order valence-corrected chi connectivity index (χ2v) is 9.21. The maximum Gasteiger partial charge on any atom is 0.267 e. The zero-order valence-electron chi connectivity index (χ0n) is 11.4. The van der Waals surface area contributed by atoms with Gasteiger partial charge in [0.1, 0.15) is 0 Å². The minimum atomic E-state index is -1.55. The van der Waals surface area contributed by atoms with Crippen LogP contribution in [0.4, 0.5) is 0 Å². The van der Waals surface area contributed by atoms with Crippen LogP contribution in [-0.4, -0.2) is 45.5 Å². The summed E-state index contributed by atoms with van der Waals surface area (Å²) < 4.78 is 8.30. The van der Waals surface area contributed by atoms with Crippen LogP contribution in [0.5, 0.6) is 0 Å². The summed E-state index contributed by atoms with van der Waals surface area (Å²) in [6, 6.07) is 1.66. The molecule has 94 valence electrons. The summed E-state index contributed by atoms with van der Waals surface area (Å²) in [5.41, 5.74) is 0. The van der Waals surface area contributed by atoms with Crippen LogP contribution in [0.1, 0.15) is 27.2 Å². The number of nitrogens with zero attached hydrogens (tertiary/aromatic N) is 2. The van der Waals surface area contributed by atoms with E-state index in [1.54, 1.807) is 0 Å². The lowest BCUT2D eigenvalue weighted by molar-refractivity contribution is 0.308. The summed E-state index contributed by atoms with van der Waals surface area (Å²) >= 11 is 0. The molecule has 0 N–H and O–H groups in total. The van der Waals surface area contributed by atoms with Gasteiger partial charge in [-0.25, -0.2) is 0 Å². The molecule has 4 heteroatoms. The Labute approximate surface area is 101 Å². The van der Waals surface area contributed by atoms with Crippen molar-refractivity contribution in [1.82, 2.24) is 4.57 Å². The van der Waals surface area contributed by atoms with Crippen LogP contribution >= 0.6 is 0 Å². The monoisotopic (exact) mass is 242 g/mol. The molecule has 3 nitrogen and oxygen atoms in total. The van der Waals surface area contributed by atoms with Crippen LogP contribution in [0.2, 0.25) is 12.6 Å². The first kappa shape index (κ1) is 13.9. The van der Waals surface area contributed by atoms with Gasteiger partial charge in [-0.15, -0.1) is 0 Å². The zero-order valence-corrected chi connectivity index (χ0v) is 12.4. The highest BCUT2D eigenvalue weighted by Gasteiger charge is 2.40. The molecule has 0 saturated carbocycles. The van der Waals surface area contributed by atoms with Gasteiger partial charge in [0.15, 0.2) is 0 Å². The van der Waals surface area contributed by atoms with Gasteiger partial charge < -0.3 is 8.99 Å². The topological polar surface area (TPSA) is 24.8 Å². The predicted octanol–water partition coefficient (Wildman–Crippen LogP) is 2.53. The van der Waals surface area contributed by atoms with Crippen molar-refractivity contribution in [2.45, 2.75) is 45.8 Å². The van der Waals surface area contributed by atoms with E-state index in [-0.39, 0.29) is 0 Å². The van der Waals surface area contributed by atoms with E-state index >= 15 is 0 Å². The molecule has 16 heavy (non-hydrogen) atoms. The number of rotatable bonds is 5. The lowest BCUT2D eigenvalue weighted by Crippen LogP contribution is -2.50. The molecule has 0 aromatic carbocycles. The molecule has 0 radical (unpaired) electrons. The van der Waals surface area contributed by atoms with E-state index in [0.717, 1.165) is 6.54 Å². The summed E-state index contributed by atoms with van der Waals surface area (Å²) in [5.74, 6) is 0.548. The molecule has 1 rings (SSSR count). The normalized spacial score (nSPS) is 29.4. The van der Waals surface area contributed by atoms with Crippen LogP contribution in [0.25, 0.3) is 0 Å². The Kier molecular flexibility index (Phi) is 5.15. The molecule has 0 aromatic heterocycles. The zero-order chi connectivity index (χ0) is 12.2. The highest BCUT2D eigenvalue weighted by molar-refractivity contribution is 6.70. The highest BCUT2D eigenvalue weighted by atomic mass is 28.4. The molecule has 0 spiro atoms. The maximum absolute atomic E-state index is 5.75. The third-order valence-electron chi connectivity index (χ3n) is 3.30. The van der Waals surface area contributed by atoms with E-state index in [1.165, 1.54) is 19.0 Å². The molecule has 1 aliphatic rings. The minimum Gasteiger partial charge on any atom is -0.406 e.